The smallest absolute Gasteiger partial charge is 0.271 e. The number of halogens is 1. The van der Waals surface area contributed by atoms with E-state index >= 15 is 0 Å². The number of carbonyl (C=O) groups excluding carboxylic acids is 1. The molecule has 2 aromatic carbocycles. The number of carbonyl (C=O) groups is 1. The van der Waals surface area contributed by atoms with Crippen LogP contribution in [0.15, 0.2) is 47.4 Å². The normalized spacial score (nSPS) is 12.2. The minimum atomic E-state index is -4.12. The second-order valence-electron chi connectivity index (χ2n) is 5.66. The number of sulfonamides is 1. The van der Waals surface area contributed by atoms with Gasteiger partial charge in [0.25, 0.3) is 5.69 Å². The summed E-state index contributed by atoms with van der Waals surface area (Å²) in [6.45, 7) is 3.29. The zero-order valence-corrected chi connectivity index (χ0v) is 16.6. The average Bonchev–Trinajstić information content (AvgIpc) is 2.63. The molecule has 0 aromatic heterocycles. The van der Waals surface area contributed by atoms with Crippen LogP contribution in [0.25, 0.3) is 0 Å². The van der Waals surface area contributed by atoms with E-state index in [2.05, 4.69) is 10.0 Å². The molecule has 0 radical (unpaired) electrons. The van der Waals surface area contributed by atoms with Gasteiger partial charge in [0.2, 0.25) is 15.9 Å². The molecule has 0 fully saturated rings. The Morgan fingerprint density at radius 3 is 2.64 bits per heavy atom. The van der Waals surface area contributed by atoms with E-state index in [4.69, 9.17) is 16.3 Å². The van der Waals surface area contributed by atoms with Gasteiger partial charge >= 0.3 is 0 Å². The lowest BCUT2D eigenvalue weighted by Gasteiger charge is -2.16. The number of nitro benzene ring substituents is 1. The fraction of sp³-hybridized carbons (Fsp3) is 0.235. The van der Waals surface area contributed by atoms with Gasteiger partial charge in [-0.15, -0.1) is 0 Å². The number of rotatable bonds is 8. The van der Waals surface area contributed by atoms with E-state index in [1.54, 1.807) is 6.92 Å². The Balaban J connectivity index is 2.18. The van der Waals surface area contributed by atoms with Crippen molar-refractivity contribution in [1.82, 2.24) is 4.72 Å². The predicted octanol–water partition coefficient (Wildman–Crippen LogP) is 2.95. The molecule has 0 aliphatic carbocycles. The Morgan fingerprint density at radius 1 is 1.29 bits per heavy atom. The molecule has 0 spiro atoms. The van der Waals surface area contributed by atoms with Gasteiger partial charge in [-0.25, -0.2) is 8.42 Å². The van der Waals surface area contributed by atoms with Crippen molar-refractivity contribution in [1.29, 1.82) is 0 Å². The van der Waals surface area contributed by atoms with Crippen LogP contribution in [-0.2, 0) is 14.8 Å². The van der Waals surface area contributed by atoms with Crippen LogP contribution in [0.4, 0.5) is 11.4 Å². The Morgan fingerprint density at radius 2 is 2.00 bits per heavy atom. The summed E-state index contributed by atoms with van der Waals surface area (Å²) >= 11 is 5.89. The van der Waals surface area contributed by atoms with Crippen molar-refractivity contribution in [2.24, 2.45) is 0 Å². The number of nitro groups is 1. The SMILES string of the molecule is CCOc1ccc(Cl)cc1S(=O)(=O)NC(C)C(=O)Nc1cccc([N+](=O)[O-])c1. The first-order chi connectivity index (χ1) is 13.1. The Bertz CT molecular complexity index is 996. The molecule has 0 heterocycles. The monoisotopic (exact) mass is 427 g/mol. The Hall–Kier alpha value is -2.69. The summed E-state index contributed by atoms with van der Waals surface area (Å²) in [5.41, 5.74) is -0.0330. The number of hydrogen-bond donors (Lipinski definition) is 2. The predicted molar refractivity (Wildman–Crippen MR) is 104 cm³/mol. The lowest BCUT2D eigenvalue weighted by atomic mass is 10.2. The summed E-state index contributed by atoms with van der Waals surface area (Å²) in [4.78, 5) is 22.3. The zero-order chi connectivity index (χ0) is 20.9. The van der Waals surface area contributed by atoms with Gasteiger partial charge in [-0.2, -0.15) is 4.72 Å². The number of nitrogens with zero attached hydrogens (tertiary/aromatic N) is 1. The maximum atomic E-state index is 12.7. The van der Waals surface area contributed by atoms with Crippen LogP contribution in [0.3, 0.4) is 0 Å². The average molecular weight is 428 g/mol. The van der Waals surface area contributed by atoms with E-state index in [0.29, 0.717) is 0 Å². The third-order valence-electron chi connectivity index (χ3n) is 3.54. The molecule has 9 nitrogen and oxygen atoms in total. The van der Waals surface area contributed by atoms with Gasteiger partial charge in [0.1, 0.15) is 10.6 Å². The van der Waals surface area contributed by atoms with Crippen molar-refractivity contribution < 1.29 is 22.9 Å². The van der Waals surface area contributed by atoms with Gasteiger partial charge in [-0.3, -0.25) is 14.9 Å². The van der Waals surface area contributed by atoms with Crippen LogP contribution in [-0.4, -0.2) is 31.9 Å². The van der Waals surface area contributed by atoms with E-state index in [1.807, 2.05) is 0 Å². The molecule has 0 aliphatic heterocycles. The number of nitrogens with one attached hydrogen (secondary N) is 2. The van der Waals surface area contributed by atoms with Crippen molar-refractivity contribution in [3.8, 4) is 5.75 Å². The largest absolute Gasteiger partial charge is 0.492 e. The van der Waals surface area contributed by atoms with Crippen molar-refractivity contribution >= 4 is 38.9 Å². The summed E-state index contributed by atoms with van der Waals surface area (Å²) in [5.74, 6) is -0.588. The summed E-state index contributed by atoms with van der Waals surface area (Å²) in [7, 11) is -4.12. The third kappa shape index (κ3) is 5.41. The number of hydrogen-bond acceptors (Lipinski definition) is 6. The molecular weight excluding hydrogens is 410 g/mol. The van der Waals surface area contributed by atoms with Gasteiger partial charge in [-0.05, 0) is 38.1 Å². The summed E-state index contributed by atoms with van der Waals surface area (Å²) in [6, 6.07) is 8.27. The lowest BCUT2D eigenvalue weighted by molar-refractivity contribution is -0.384. The minimum Gasteiger partial charge on any atom is -0.492 e. The van der Waals surface area contributed by atoms with E-state index in [1.165, 1.54) is 49.4 Å². The molecule has 0 aliphatic rings. The van der Waals surface area contributed by atoms with Gasteiger partial charge in [0.15, 0.2) is 0 Å². The molecule has 0 saturated heterocycles. The maximum Gasteiger partial charge on any atom is 0.271 e. The standard InChI is InChI=1S/C17H18ClN3O6S/c1-3-27-15-8-7-12(18)9-16(15)28(25,26)20-11(2)17(22)19-13-5-4-6-14(10-13)21(23)24/h4-11,20H,3H2,1-2H3,(H,19,22). The molecular formula is C17H18ClN3O6S. The number of ether oxygens (including phenoxy) is 1. The molecule has 0 bridgehead atoms. The van der Waals surface area contributed by atoms with Crippen LogP contribution in [0, 0.1) is 10.1 Å². The second kappa shape index (κ2) is 9.00. The zero-order valence-electron chi connectivity index (χ0n) is 15.0. The van der Waals surface area contributed by atoms with E-state index in [9.17, 15) is 23.3 Å². The van der Waals surface area contributed by atoms with E-state index in [0.717, 1.165) is 0 Å². The quantitative estimate of drug-likeness (QED) is 0.492. The van der Waals surface area contributed by atoms with Crippen LogP contribution in [0.5, 0.6) is 5.75 Å². The highest BCUT2D eigenvalue weighted by Gasteiger charge is 2.26. The first-order valence-corrected chi connectivity index (χ1v) is 10.00. The highest BCUT2D eigenvalue weighted by atomic mass is 35.5. The van der Waals surface area contributed by atoms with E-state index in [-0.39, 0.29) is 33.6 Å². The molecule has 1 amide bonds. The van der Waals surface area contributed by atoms with E-state index < -0.39 is 26.9 Å². The van der Waals surface area contributed by atoms with Gasteiger partial charge in [0.05, 0.1) is 17.6 Å². The fourth-order valence-electron chi connectivity index (χ4n) is 2.26. The first kappa shape index (κ1) is 21.6. The van der Waals surface area contributed by atoms with Crippen molar-refractivity contribution in [3.63, 3.8) is 0 Å². The van der Waals surface area contributed by atoms with Crippen LogP contribution >= 0.6 is 11.6 Å². The van der Waals surface area contributed by atoms with Gasteiger partial charge in [-0.1, -0.05) is 17.7 Å². The number of non-ortho nitro benzene ring substituents is 1. The number of amides is 1. The summed E-state index contributed by atoms with van der Waals surface area (Å²) in [5, 5.41) is 13.4. The molecule has 28 heavy (non-hydrogen) atoms. The summed E-state index contributed by atoms with van der Waals surface area (Å²) < 4.78 is 32.9. The molecule has 150 valence electrons. The third-order valence-corrected chi connectivity index (χ3v) is 5.34. The molecule has 2 aromatic rings. The lowest BCUT2D eigenvalue weighted by Crippen LogP contribution is -2.41. The van der Waals surface area contributed by atoms with Crippen molar-refractivity contribution in [2.75, 3.05) is 11.9 Å². The maximum absolute atomic E-state index is 12.7. The van der Waals surface area contributed by atoms with Crippen LogP contribution < -0.4 is 14.8 Å². The topological polar surface area (TPSA) is 128 Å². The fourth-order valence-corrected chi connectivity index (χ4v) is 3.87. The molecule has 2 N–H and O–H groups in total. The van der Waals surface area contributed by atoms with Crippen LogP contribution in [0.1, 0.15) is 13.8 Å². The Kier molecular flexibility index (Phi) is 6.95. The second-order valence-corrected chi connectivity index (χ2v) is 7.78. The highest BCUT2D eigenvalue weighted by molar-refractivity contribution is 7.89. The highest BCUT2D eigenvalue weighted by Crippen LogP contribution is 2.27. The van der Waals surface area contributed by atoms with Gasteiger partial charge in [0, 0.05) is 22.8 Å². The minimum absolute atomic E-state index is 0.102. The number of anilines is 1. The molecule has 2 rings (SSSR count). The molecule has 1 unspecified atom stereocenters. The first-order valence-electron chi connectivity index (χ1n) is 8.14. The molecule has 11 heteroatoms. The molecule has 0 saturated carbocycles. The summed E-state index contributed by atoms with van der Waals surface area (Å²) in [6.07, 6.45) is 0. The molecule has 1 atom stereocenters. The van der Waals surface area contributed by atoms with Crippen molar-refractivity contribution in [2.45, 2.75) is 24.8 Å². The van der Waals surface area contributed by atoms with Gasteiger partial charge < -0.3 is 10.1 Å². The Labute approximate surface area is 166 Å². The van der Waals surface area contributed by atoms with Crippen molar-refractivity contribution in [3.05, 3.63) is 57.6 Å². The number of benzene rings is 2. The van der Waals surface area contributed by atoms with Crippen LogP contribution in [0.2, 0.25) is 5.02 Å².